The Kier molecular flexibility index (Phi) is 10.7. The van der Waals surface area contributed by atoms with Crippen molar-refractivity contribution in [1.82, 2.24) is 9.88 Å². The maximum Gasteiger partial charge on any atom is 0.410 e. The third kappa shape index (κ3) is 9.61. The highest BCUT2D eigenvalue weighted by Gasteiger charge is 2.34. The second kappa shape index (κ2) is 13.7. The van der Waals surface area contributed by atoms with Gasteiger partial charge in [-0.05, 0) is 77.3 Å². The quantitative estimate of drug-likeness (QED) is 0.250. The number of aryl methyl sites for hydroxylation is 2. The van der Waals surface area contributed by atoms with E-state index in [0.717, 1.165) is 69.4 Å². The van der Waals surface area contributed by atoms with Crippen molar-refractivity contribution in [1.29, 1.82) is 0 Å². The van der Waals surface area contributed by atoms with Crippen LogP contribution in [0.1, 0.15) is 96.2 Å². The number of amides is 1. The molecule has 3 N–H and O–H groups in total. The van der Waals surface area contributed by atoms with Crippen molar-refractivity contribution in [2.75, 3.05) is 18.4 Å². The van der Waals surface area contributed by atoms with Crippen molar-refractivity contribution in [2.24, 2.45) is 5.73 Å². The van der Waals surface area contributed by atoms with Crippen LogP contribution in [0.5, 0.6) is 0 Å². The zero-order valence-corrected chi connectivity index (χ0v) is 22.7. The molecule has 1 fully saturated rings. The lowest BCUT2D eigenvalue weighted by Crippen LogP contribution is -2.41. The standard InChI is InChI=1S/C28H44N4O5/c1-28(2,3)37-27(35)32-18-10-13-22(32)19-24(33)36-26(34)23(29)14-8-6-4-5-7-12-21-16-15-20-11-9-17-30-25(20)31-21/h15-16,22-23H,4-14,17-19,29H2,1-3H3,(H,30,31)/t22-,23-/m0/s1. The Labute approximate surface area is 220 Å². The number of esters is 2. The predicted octanol–water partition coefficient (Wildman–Crippen LogP) is 4.51. The lowest BCUT2D eigenvalue weighted by atomic mass is 10.0. The number of pyridine rings is 1. The molecule has 9 heteroatoms. The zero-order valence-electron chi connectivity index (χ0n) is 22.7. The number of nitrogens with one attached hydrogen (secondary N) is 1. The Morgan fingerprint density at radius 1 is 1.14 bits per heavy atom. The Hall–Kier alpha value is -2.68. The van der Waals surface area contributed by atoms with E-state index in [1.54, 1.807) is 25.7 Å². The van der Waals surface area contributed by atoms with E-state index in [9.17, 15) is 14.4 Å². The summed E-state index contributed by atoms with van der Waals surface area (Å²) in [6.45, 7) is 6.93. The van der Waals surface area contributed by atoms with Crippen LogP contribution >= 0.6 is 0 Å². The molecule has 2 atom stereocenters. The predicted molar refractivity (Wildman–Crippen MR) is 142 cm³/mol. The summed E-state index contributed by atoms with van der Waals surface area (Å²) in [6.07, 6.45) is 9.72. The number of aromatic nitrogens is 1. The van der Waals surface area contributed by atoms with Gasteiger partial charge in [0.25, 0.3) is 0 Å². The molecule has 0 spiro atoms. The molecular weight excluding hydrogens is 472 g/mol. The summed E-state index contributed by atoms with van der Waals surface area (Å²) in [5.74, 6) is -0.294. The summed E-state index contributed by atoms with van der Waals surface area (Å²) in [6, 6.07) is 3.19. The maximum absolute atomic E-state index is 12.4. The van der Waals surface area contributed by atoms with Crippen LogP contribution in [-0.2, 0) is 31.9 Å². The third-order valence-corrected chi connectivity index (χ3v) is 6.82. The average Bonchev–Trinajstić information content (AvgIpc) is 3.30. The summed E-state index contributed by atoms with van der Waals surface area (Å²) in [7, 11) is 0. The third-order valence-electron chi connectivity index (χ3n) is 6.82. The lowest BCUT2D eigenvalue weighted by Gasteiger charge is -2.28. The molecule has 2 aliphatic heterocycles. The number of fused-ring (bicyclic) bond motifs is 1. The minimum atomic E-state index is -0.818. The minimum Gasteiger partial charge on any atom is -0.444 e. The summed E-state index contributed by atoms with van der Waals surface area (Å²) in [4.78, 5) is 43.3. The number of carbonyl (C=O) groups excluding carboxylic acids is 3. The van der Waals surface area contributed by atoms with E-state index in [2.05, 4.69) is 17.4 Å². The molecule has 0 bridgehead atoms. The Balaban J connectivity index is 1.26. The number of likely N-dealkylation sites (tertiary alicyclic amines) is 1. The van der Waals surface area contributed by atoms with Gasteiger partial charge in [0.2, 0.25) is 0 Å². The van der Waals surface area contributed by atoms with Crippen molar-refractivity contribution in [3.05, 3.63) is 23.4 Å². The number of unbranched alkanes of at least 4 members (excludes halogenated alkanes) is 4. The monoisotopic (exact) mass is 516 g/mol. The van der Waals surface area contributed by atoms with E-state index < -0.39 is 29.7 Å². The van der Waals surface area contributed by atoms with Crippen LogP contribution in [-0.4, -0.2) is 58.7 Å². The van der Waals surface area contributed by atoms with E-state index in [1.165, 1.54) is 12.0 Å². The van der Waals surface area contributed by atoms with Gasteiger partial charge in [0.1, 0.15) is 17.5 Å². The van der Waals surface area contributed by atoms with Gasteiger partial charge in [-0.25, -0.2) is 14.6 Å². The van der Waals surface area contributed by atoms with Crippen molar-refractivity contribution in [3.8, 4) is 0 Å². The molecule has 37 heavy (non-hydrogen) atoms. The largest absolute Gasteiger partial charge is 0.444 e. The van der Waals surface area contributed by atoms with Crippen LogP contribution in [0.15, 0.2) is 12.1 Å². The molecule has 0 radical (unpaired) electrons. The normalized spacial score (nSPS) is 18.1. The number of nitrogens with two attached hydrogens (primary N) is 1. The second-order valence-electron chi connectivity index (χ2n) is 11.2. The first-order valence-corrected chi connectivity index (χ1v) is 13.8. The number of carbonyl (C=O) groups is 3. The number of anilines is 1. The molecule has 0 aliphatic carbocycles. The molecule has 1 aromatic heterocycles. The van der Waals surface area contributed by atoms with Crippen molar-refractivity contribution in [3.63, 3.8) is 0 Å². The van der Waals surface area contributed by atoms with Crippen LogP contribution in [0.4, 0.5) is 10.6 Å². The SMILES string of the molecule is CC(C)(C)OC(=O)N1CCC[C@H]1CC(=O)OC(=O)[C@@H](N)CCCCCCCc1ccc2c(n1)NCCC2. The molecule has 9 nitrogen and oxygen atoms in total. The summed E-state index contributed by atoms with van der Waals surface area (Å²) >= 11 is 0. The highest BCUT2D eigenvalue weighted by molar-refractivity contribution is 5.88. The van der Waals surface area contributed by atoms with Crippen LogP contribution in [0.2, 0.25) is 0 Å². The zero-order chi connectivity index (χ0) is 26.8. The van der Waals surface area contributed by atoms with Gasteiger partial charge in [-0.2, -0.15) is 0 Å². The number of hydrogen-bond donors (Lipinski definition) is 2. The van der Waals surface area contributed by atoms with Crippen molar-refractivity contribution >= 4 is 23.8 Å². The van der Waals surface area contributed by atoms with Gasteiger partial charge in [0, 0.05) is 24.8 Å². The first kappa shape index (κ1) is 28.9. The van der Waals surface area contributed by atoms with Gasteiger partial charge in [-0.3, -0.25) is 4.79 Å². The molecule has 0 unspecified atom stereocenters. The van der Waals surface area contributed by atoms with Crippen molar-refractivity contribution in [2.45, 2.75) is 116 Å². The number of nitrogens with zero attached hydrogens (tertiary/aromatic N) is 2. The highest BCUT2D eigenvalue weighted by atomic mass is 16.6. The second-order valence-corrected chi connectivity index (χ2v) is 11.2. The Bertz CT molecular complexity index is 930. The van der Waals surface area contributed by atoms with E-state index in [0.29, 0.717) is 19.4 Å². The van der Waals surface area contributed by atoms with Crippen LogP contribution < -0.4 is 11.1 Å². The van der Waals surface area contributed by atoms with Gasteiger partial charge in [-0.1, -0.05) is 31.7 Å². The molecule has 3 rings (SSSR count). The van der Waals surface area contributed by atoms with Gasteiger partial charge in [0.05, 0.1) is 6.42 Å². The van der Waals surface area contributed by atoms with Crippen LogP contribution in [0, 0.1) is 0 Å². The smallest absolute Gasteiger partial charge is 0.410 e. The van der Waals surface area contributed by atoms with Crippen molar-refractivity contribution < 1.29 is 23.9 Å². The fourth-order valence-corrected chi connectivity index (χ4v) is 4.86. The average molecular weight is 517 g/mol. The number of ether oxygens (including phenoxy) is 2. The molecule has 1 aromatic rings. The molecule has 0 saturated carbocycles. The first-order chi connectivity index (χ1) is 17.6. The van der Waals surface area contributed by atoms with E-state index >= 15 is 0 Å². The summed E-state index contributed by atoms with van der Waals surface area (Å²) in [5, 5.41) is 3.38. The molecule has 206 valence electrons. The van der Waals surface area contributed by atoms with Gasteiger partial charge in [0.15, 0.2) is 0 Å². The molecule has 2 aliphatic rings. The molecular formula is C28H44N4O5. The summed E-state index contributed by atoms with van der Waals surface area (Å²) < 4.78 is 10.4. The lowest BCUT2D eigenvalue weighted by molar-refractivity contribution is -0.161. The van der Waals surface area contributed by atoms with E-state index in [4.69, 9.17) is 20.2 Å². The van der Waals surface area contributed by atoms with Crippen LogP contribution in [0.3, 0.4) is 0 Å². The highest BCUT2D eigenvalue weighted by Crippen LogP contribution is 2.24. The topological polar surface area (TPSA) is 124 Å². The van der Waals surface area contributed by atoms with E-state index in [1.807, 2.05) is 0 Å². The minimum absolute atomic E-state index is 0.0349. The Morgan fingerprint density at radius 2 is 1.89 bits per heavy atom. The summed E-state index contributed by atoms with van der Waals surface area (Å²) in [5.41, 5.74) is 7.80. The molecule has 1 amide bonds. The molecule has 3 heterocycles. The first-order valence-electron chi connectivity index (χ1n) is 13.8. The van der Waals surface area contributed by atoms with Gasteiger partial charge in [-0.15, -0.1) is 0 Å². The fourth-order valence-electron chi connectivity index (χ4n) is 4.86. The maximum atomic E-state index is 12.4. The number of rotatable bonds is 11. The fraction of sp³-hybridized carbons (Fsp3) is 0.714. The molecule has 0 aromatic carbocycles. The molecule has 1 saturated heterocycles. The van der Waals surface area contributed by atoms with E-state index in [-0.39, 0.29) is 12.5 Å². The van der Waals surface area contributed by atoms with Gasteiger partial charge < -0.3 is 25.4 Å². The van der Waals surface area contributed by atoms with Gasteiger partial charge >= 0.3 is 18.0 Å². The number of hydrogen-bond acceptors (Lipinski definition) is 8. The Morgan fingerprint density at radius 3 is 2.68 bits per heavy atom. The van der Waals surface area contributed by atoms with Crippen LogP contribution in [0.25, 0.3) is 0 Å².